The molecule has 0 aliphatic rings. The van der Waals surface area contributed by atoms with E-state index in [1.165, 1.54) is 5.56 Å². The Hall–Kier alpha value is -2.86. The van der Waals surface area contributed by atoms with Crippen LogP contribution in [0.3, 0.4) is 0 Å². The molecule has 0 saturated carbocycles. The molecule has 3 rings (SSSR count). The quantitative estimate of drug-likeness (QED) is 0.688. The third-order valence-corrected chi connectivity index (χ3v) is 3.94. The molecule has 3 aromatic rings. The van der Waals surface area contributed by atoms with Crippen LogP contribution in [0.15, 0.2) is 53.1 Å². The highest BCUT2D eigenvalue weighted by molar-refractivity contribution is 6.30. The lowest BCUT2D eigenvalue weighted by molar-refractivity contribution is -0.118. The Morgan fingerprint density at radius 3 is 2.50 bits per heavy atom. The number of nitrogens with one attached hydrogen (secondary N) is 1. The summed E-state index contributed by atoms with van der Waals surface area (Å²) in [6.07, 6.45) is 0. The average molecular weight is 372 g/mol. The average Bonchev–Trinajstić information content (AvgIpc) is 3.09. The summed E-state index contributed by atoms with van der Waals surface area (Å²) in [5.41, 5.74) is 1.92. The molecule has 1 aromatic heterocycles. The zero-order valence-corrected chi connectivity index (χ0v) is 15.2. The number of benzene rings is 2. The number of aromatic nitrogens is 2. The van der Waals surface area contributed by atoms with Gasteiger partial charge in [0.25, 0.3) is 17.7 Å². The van der Waals surface area contributed by atoms with Gasteiger partial charge in [0, 0.05) is 10.6 Å². The zero-order valence-electron chi connectivity index (χ0n) is 14.4. The molecule has 0 aliphatic carbocycles. The van der Waals surface area contributed by atoms with Crippen molar-refractivity contribution in [3.8, 4) is 17.2 Å². The van der Waals surface area contributed by atoms with Crippen LogP contribution in [-0.2, 0) is 4.79 Å². The predicted molar refractivity (Wildman–Crippen MR) is 99.4 cm³/mol. The number of nitrogens with zero attached hydrogens (tertiary/aromatic N) is 2. The molecule has 26 heavy (non-hydrogen) atoms. The Kier molecular flexibility index (Phi) is 5.53. The third kappa shape index (κ3) is 4.61. The molecule has 0 bridgehead atoms. The van der Waals surface area contributed by atoms with Crippen LogP contribution in [0, 0.1) is 0 Å². The van der Waals surface area contributed by atoms with Gasteiger partial charge in [0.2, 0.25) is 0 Å². The number of hydrogen-bond acceptors (Lipinski definition) is 5. The topological polar surface area (TPSA) is 77.2 Å². The van der Waals surface area contributed by atoms with Gasteiger partial charge in [0.05, 0.1) is 0 Å². The van der Waals surface area contributed by atoms with Crippen LogP contribution >= 0.6 is 11.6 Å². The second kappa shape index (κ2) is 8.01. The molecule has 0 aliphatic heterocycles. The van der Waals surface area contributed by atoms with Gasteiger partial charge in [-0.1, -0.05) is 37.6 Å². The largest absolute Gasteiger partial charge is 0.484 e. The van der Waals surface area contributed by atoms with Crippen LogP contribution in [-0.4, -0.2) is 22.7 Å². The summed E-state index contributed by atoms with van der Waals surface area (Å²) >= 11 is 5.84. The van der Waals surface area contributed by atoms with Crippen molar-refractivity contribution >= 4 is 23.5 Å². The molecule has 0 radical (unpaired) electrons. The monoisotopic (exact) mass is 371 g/mol. The maximum Gasteiger partial charge on any atom is 0.270 e. The summed E-state index contributed by atoms with van der Waals surface area (Å²) in [6, 6.07) is 14.6. The first-order valence-corrected chi connectivity index (χ1v) is 8.51. The van der Waals surface area contributed by atoms with E-state index in [1.54, 1.807) is 24.3 Å². The Morgan fingerprint density at radius 2 is 1.85 bits per heavy atom. The lowest BCUT2D eigenvalue weighted by Gasteiger charge is -2.08. The molecule has 0 fully saturated rings. The second-order valence-electron chi connectivity index (χ2n) is 5.99. The van der Waals surface area contributed by atoms with E-state index in [1.807, 2.05) is 24.3 Å². The van der Waals surface area contributed by atoms with Crippen molar-refractivity contribution in [2.24, 2.45) is 0 Å². The Balaban J connectivity index is 1.54. The summed E-state index contributed by atoms with van der Waals surface area (Å²) in [4.78, 5) is 16.1. The lowest BCUT2D eigenvalue weighted by Crippen LogP contribution is -2.20. The number of rotatable bonds is 6. The van der Waals surface area contributed by atoms with Gasteiger partial charge in [-0.15, -0.1) is 0 Å². The normalized spacial score (nSPS) is 10.8. The van der Waals surface area contributed by atoms with Crippen LogP contribution in [0.25, 0.3) is 11.5 Å². The molecule has 0 saturated heterocycles. The molecule has 1 N–H and O–H groups in total. The summed E-state index contributed by atoms with van der Waals surface area (Å²) < 4.78 is 10.6. The van der Waals surface area contributed by atoms with E-state index < -0.39 is 0 Å². The van der Waals surface area contributed by atoms with Gasteiger partial charge in [-0.3, -0.25) is 10.1 Å². The molecule has 0 atom stereocenters. The van der Waals surface area contributed by atoms with Crippen LogP contribution in [0.5, 0.6) is 5.75 Å². The molecular formula is C19H18ClN3O3. The van der Waals surface area contributed by atoms with Gasteiger partial charge in [0.1, 0.15) is 5.75 Å². The second-order valence-corrected chi connectivity index (χ2v) is 6.43. The van der Waals surface area contributed by atoms with Crippen molar-refractivity contribution in [3.05, 3.63) is 59.1 Å². The van der Waals surface area contributed by atoms with E-state index in [0.29, 0.717) is 28.1 Å². The molecule has 2 aromatic carbocycles. The van der Waals surface area contributed by atoms with Gasteiger partial charge in [-0.2, -0.15) is 4.98 Å². The van der Waals surface area contributed by atoms with E-state index in [-0.39, 0.29) is 18.5 Å². The van der Waals surface area contributed by atoms with E-state index in [9.17, 15) is 4.79 Å². The first-order valence-electron chi connectivity index (χ1n) is 8.13. The number of anilines is 1. The number of carbonyl (C=O) groups excluding carboxylic acids is 1. The fourth-order valence-corrected chi connectivity index (χ4v) is 2.37. The van der Waals surface area contributed by atoms with Gasteiger partial charge in [0.15, 0.2) is 6.61 Å². The van der Waals surface area contributed by atoms with Crippen molar-refractivity contribution < 1.29 is 14.1 Å². The van der Waals surface area contributed by atoms with E-state index >= 15 is 0 Å². The van der Waals surface area contributed by atoms with Gasteiger partial charge in [-0.05, 0) is 53.0 Å². The standard InChI is InChI=1S/C19H18ClN3O3/c1-12(2)13-5-9-16(10-6-13)25-11-17(24)21-19-22-18(26-23-19)14-3-7-15(20)8-4-14/h3-10,12H,11H2,1-2H3,(H,21,23,24). The minimum absolute atomic E-state index is 0.0821. The van der Waals surface area contributed by atoms with Gasteiger partial charge < -0.3 is 9.26 Å². The molecule has 1 heterocycles. The van der Waals surface area contributed by atoms with E-state index in [4.69, 9.17) is 20.9 Å². The van der Waals surface area contributed by atoms with Crippen LogP contribution in [0.4, 0.5) is 5.95 Å². The smallest absolute Gasteiger partial charge is 0.270 e. The van der Waals surface area contributed by atoms with Crippen LogP contribution in [0.1, 0.15) is 25.3 Å². The SMILES string of the molecule is CC(C)c1ccc(OCC(=O)Nc2noc(-c3ccc(Cl)cc3)n2)cc1. The number of halogens is 1. The number of amides is 1. The summed E-state index contributed by atoms with van der Waals surface area (Å²) in [6.45, 7) is 4.09. The van der Waals surface area contributed by atoms with Crippen molar-refractivity contribution in [2.75, 3.05) is 11.9 Å². The predicted octanol–water partition coefficient (Wildman–Crippen LogP) is 4.53. The van der Waals surface area contributed by atoms with Gasteiger partial charge in [-0.25, -0.2) is 0 Å². The highest BCUT2D eigenvalue weighted by Crippen LogP contribution is 2.21. The van der Waals surface area contributed by atoms with Crippen molar-refractivity contribution in [1.29, 1.82) is 0 Å². The van der Waals surface area contributed by atoms with Crippen molar-refractivity contribution in [2.45, 2.75) is 19.8 Å². The van der Waals surface area contributed by atoms with Crippen LogP contribution < -0.4 is 10.1 Å². The Morgan fingerprint density at radius 1 is 1.15 bits per heavy atom. The number of ether oxygens (including phenoxy) is 1. The Labute approximate surface area is 156 Å². The minimum atomic E-state index is -0.374. The molecule has 1 amide bonds. The third-order valence-electron chi connectivity index (χ3n) is 3.69. The maximum absolute atomic E-state index is 12.0. The summed E-state index contributed by atoms with van der Waals surface area (Å²) in [5, 5.41) is 6.88. The van der Waals surface area contributed by atoms with Gasteiger partial charge >= 0.3 is 0 Å². The molecular weight excluding hydrogens is 354 g/mol. The molecule has 0 spiro atoms. The fraction of sp³-hybridized carbons (Fsp3) is 0.211. The summed E-state index contributed by atoms with van der Waals surface area (Å²) in [5.74, 6) is 1.07. The maximum atomic E-state index is 12.0. The van der Waals surface area contributed by atoms with E-state index in [0.717, 1.165) is 0 Å². The van der Waals surface area contributed by atoms with Crippen LogP contribution in [0.2, 0.25) is 5.02 Å². The summed E-state index contributed by atoms with van der Waals surface area (Å²) in [7, 11) is 0. The fourth-order valence-electron chi connectivity index (χ4n) is 2.24. The highest BCUT2D eigenvalue weighted by Gasteiger charge is 2.12. The number of carbonyl (C=O) groups is 1. The number of hydrogen-bond donors (Lipinski definition) is 1. The van der Waals surface area contributed by atoms with E-state index in [2.05, 4.69) is 29.3 Å². The first-order chi connectivity index (χ1) is 12.5. The van der Waals surface area contributed by atoms with Crippen molar-refractivity contribution in [3.63, 3.8) is 0 Å². The zero-order chi connectivity index (χ0) is 18.5. The minimum Gasteiger partial charge on any atom is -0.484 e. The lowest BCUT2D eigenvalue weighted by atomic mass is 10.0. The first kappa shape index (κ1) is 17.9. The Bertz CT molecular complexity index is 874. The molecule has 134 valence electrons. The molecule has 0 unspecified atom stereocenters. The van der Waals surface area contributed by atoms with Crippen molar-refractivity contribution in [1.82, 2.24) is 10.1 Å². The highest BCUT2D eigenvalue weighted by atomic mass is 35.5. The molecule has 6 nitrogen and oxygen atoms in total. The molecule has 7 heteroatoms.